The van der Waals surface area contributed by atoms with Crippen molar-refractivity contribution < 1.29 is 9.47 Å². The summed E-state index contributed by atoms with van der Waals surface area (Å²) in [7, 11) is 0. The molecule has 1 aliphatic rings. The second kappa shape index (κ2) is 8.23. The van der Waals surface area contributed by atoms with E-state index in [0.29, 0.717) is 6.61 Å². The molecule has 0 radical (unpaired) electrons. The summed E-state index contributed by atoms with van der Waals surface area (Å²) in [6.45, 7) is 5.79. The summed E-state index contributed by atoms with van der Waals surface area (Å²) in [5.41, 5.74) is 1.30. The summed E-state index contributed by atoms with van der Waals surface area (Å²) in [5.74, 6) is 0.955. The lowest BCUT2D eigenvalue weighted by Crippen LogP contribution is -2.16. The lowest BCUT2D eigenvalue weighted by atomic mass is 10.1. The average molecular weight is 288 g/mol. The van der Waals surface area contributed by atoms with Crippen LogP contribution in [0.3, 0.4) is 0 Å². The number of hydrogen-bond acceptors (Lipinski definition) is 2. The number of aryl methyl sites for hydroxylation is 1. The third-order valence-electron chi connectivity index (χ3n) is 3.82. The third kappa shape index (κ3) is 6.34. The van der Waals surface area contributed by atoms with Crippen molar-refractivity contribution in [3.63, 3.8) is 0 Å². The predicted octanol–water partition coefficient (Wildman–Crippen LogP) is 4.92. The van der Waals surface area contributed by atoms with Crippen LogP contribution < -0.4 is 4.74 Å². The molecule has 2 rings (SSSR count). The number of benzene rings is 1. The maximum absolute atomic E-state index is 5.80. The standard InChI is InChI=1S/C19H28O2/c1-3-4-5-6-7-8-9-11-17-12-10-13-18(14-17)20-15-19(2)16-21-19/h7-8,10,12-14H,3-6,9,11,15-16H2,1-2H3/b8-7+. The fourth-order valence-corrected chi connectivity index (χ4v) is 2.23. The van der Waals surface area contributed by atoms with Crippen LogP contribution in [0.1, 0.15) is 51.5 Å². The van der Waals surface area contributed by atoms with E-state index in [-0.39, 0.29) is 5.60 Å². The molecule has 0 spiro atoms. The Kier molecular flexibility index (Phi) is 6.31. The van der Waals surface area contributed by atoms with Gasteiger partial charge in [-0.25, -0.2) is 0 Å². The van der Waals surface area contributed by atoms with E-state index in [2.05, 4.69) is 44.2 Å². The van der Waals surface area contributed by atoms with Crippen molar-refractivity contribution in [3.05, 3.63) is 42.0 Å². The molecule has 0 aromatic heterocycles. The van der Waals surface area contributed by atoms with E-state index < -0.39 is 0 Å². The molecule has 0 saturated carbocycles. The van der Waals surface area contributed by atoms with Gasteiger partial charge in [0.1, 0.15) is 18.0 Å². The Morgan fingerprint density at radius 2 is 2.05 bits per heavy atom. The SMILES string of the molecule is CCCCC/C=C/CCc1cccc(OCC2(C)CO2)c1. The van der Waals surface area contributed by atoms with Crippen LogP contribution in [0.25, 0.3) is 0 Å². The Balaban J connectivity index is 1.68. The molecule has 1 fully saturated rings. The zero-order chi connectivity index (χ0) is 15.0. The Labute approximate surface area is 129 Å². The molecule has 1 aromatic carbocycles. The van der Waals surface area contributed by atoms with Gasteiger partial charge in [-0.2, -0.15) is 0 Å². The molecule has 2 heteroatoms. The molecule has 0 aliphatic carbocycles. The van der Waals surface area contributed by atoms with E-state index in [1.807, 2.05) is 6.07 Å². The van der Waals surface area contributed by atoms with E-state index in [1.54, 1.807) is 0 Å². The van der Waals surface area contributed by atoms with Crippen molar-refractivity contribution in [2.75, 3.05) is 13.2 Å². The quantitative estimate of drug-likeness (QED) is 0.346. The number of hydrogen-bond donors (Lipinski definition) is 0. The predicted molar refractivity (Wildman–Crippen MR) is 87.9 cm³/mol. The van der Waals surface area contributed by atoms with Crippen LogP contribution in [0.15, 0.2) is 36.4 Å². The number of unbranched alkanes of at least 4 members (excludes halogenated alkanes) is 3. The zero-order valence-corrected chi connectivity index (χ0v) is 13.4. The lowest BCUT2D eigenvalue weighted by Gasteiger charge is -2.09. The molecule has 21 heavy (non-hydrogen) atoms. The van der Waals surface area contributed by atoms with Gasteiger partial charge in [0, 0.05) is 0 Å². The van der Waals surface area contributed by atoms with Crippen molar-refractivity contribution in [2.24, 2.45) is 0 Å². The van der Waals surface area contributed by atoms with Crippen LogP contribution >= 0.6 is 0 Å². The first-order chi connectivity index (χ1) is 10.2. The van der Waals surface area contributed by atoms with Crippen molar-refractivity contribution in [2.45, 2.75) is 58.0 Å². The van der Waals surface area contributed by atoms with E-state index in [9.17, 15) is 0 Å². The first kappa shape index (κ1) is 16.1. The Hall–Kier alpha value is -1.28. The normalized spacial score (nSPS) is 20.9. The Bertz CT molecular complexity index is 447. The zero-order valence-electron chi connectivity index (χ0n) is 13.4. The average Bonchev–Trinajstić information content (AvgIpc) is 3.23. The van der Waals surface area contributed by atoms with Crippen LogP contribution in [-0.4, -0.2) is 18.8 Å². The van der Waals surface area contributed by atoms with Gasteiger partial charge in [-0.3, -0.25) is 0 Å². The number of epoxide rings is 1. The molecule has 1 heterocycles. The minimum Gasteiger partial charge on any atom is -0.490 e. The second-order valence-corrected chi connectivity index (χ2v) is 6.18. The smallest absolute Gasteiger partial charge is 0.123 e. The summed E-state index contributed by atoms with van der Waals surface area (Å²) < 4.78 is 11.1. The van der Waals surface area contributed by atoms with Crippen LogP contribution in [-0.2, 0) is 11.2 Å². The maximum Gasteiger partial charge on any atom is 0.123 e. The molecule has 1 unspecified atom stereocenters. The molecule has 2 nitrogen and oxygen atoms in total. The monoisotopic (exact) mass is 288 g/mol. The minimum atomic E-state index is -0.0444. The van der Waals surface area contributed by atoms with E-state index >= 15 is 0 Å². The molecule has 0 bridgehead atoms. The summed E-state index contributed by atoms with van der Waals surface area (Å²) in [5, 5.41) is 0. The molecular formula is C19H28O2. The number of allylic oxidation sites excluding steroid dienone is 2. The summed E-state index contributed by atoms with van der Waals surface area (Å²) in [6, 6.07) is 8.42. The highest BCUT2D eigenvalue weighted by molar-refractivity contribution is 5.29. The van der Waals surface area contributed by atoms with Gasteiger partial charge in [-0.05, 0) is 50.3 Å². The van der Waals surface area contributed by atoms with Crippen molar-refractivity contribution in [3.8, 4) is 5.75 Å². The van der Waals surface area contributed by atoms with Gasteiger partial charge >= 0.3 is 0 Å². The molecular weight excluding hydrogens is 260 g/mol. The van der Waals surface area contributed by atoms with Gasteiger partial charge < -0.3 is 9.47 Å². The topological polar surface area (TPSA) is 21.8 Å². The summed E-state index contributed by atoms with van der Waals surface area (Å²) in [4.78, 5) is 0. The van der Waals surface area contributed by atoms with Crippen molar-refractivity contribution >= 4 is 0 Å². The fraction of sp³-hybridized carbons (Fsp3) is 0.579. The van der Waals surface area contributed by atoms with E-state index in [1.165, 1.54) is 31.2 Å². The number of ether oxygens (including phenoxy) is 2. The van der Waals surface area contributed by atoms with Gasteiger partial charge in [0.15, 0.2) is 0 Å². The third-order valence-corrected chi connectivity index (χ3v) is 3.82. The first-order valence-electron chi connectivity index (χ1n) is 8.22. The van der Waals surface area contributed by atoms with Crippen LogP contribution in [0.4, 0.5) is 0 Å². The molecule has 0 N–H and O–H groups in total. The van der Waals surface area contributed by atoms with Crippen molar-refractivity contribution in [1.82, 2.24) is 0 Å². The van der Waals surface area contributed by atoms with Crippen LogP contribution in [0, 0.1) is 0 Å². The molecule has 1 atom stereocenters. The largest absolute Gasteiger partial charge is 0.490 e. The lowest BCUT2D eigenvalue weighted by molar-refractivity contribution is 0.202. The van der Waals surface area contributed by atoms with Crippen LogP contribution in [0.5, 0.6) is 5.75 Å². The molecule has 1 saturated heterocycles. The van der Waals surface area contributed by atoms with Gasteiger partial charge in [0.2, 0.25) is 0 Å². The Morgan fingerprint density at radius 1 is 1.24 bits per heavy atom. The van der Waals surface area contributed by atoms with Gasteiger partial charge in [-0.15, -0.1) is 0 Å². The van der Waals surface area contributed by atoms with Gasteiger partial charge in [0.25, 0.3) is 0 Å². The highest BCUT2D eigenvalue weighted by Crippen LogP contribution is 2.27. The minimum absolute atomic E-state index is 0.0444. The highest BCUT2D eigenvalue weighted by atomic mass is 16.6. The molecule has 116 valence electrons. The van der Waals surface area contributed by atoms with Gasteiger partial charge in [-0.1, -0.05) is 44.1 Å². The fourth-order valence-electron chi connectivity index (χ4n) is 2.23. The number of rotatable bonds is 10. The molecule has 1 aromatic rings. The summed E-state index contributed by atoms with van der Waals surface area (Å²) in [6.07, 6.45) is 12.0. The van der Waals surface area contributed by atoms with E-state index in [0.717, 1.165) is 25.2 Å². The summed E-state index contributed by atoms with van der Waals surface area (Å²) >= 11 is 0. The highest BCUT2D eigenvalue weighted by Gasteiger charge is 2.40. The molecule has 0 amide bonds. The first-order valence-corrected chi connectivity index (χ1v) is 8.22. The van der Waals surface area contributed by atoms with Crippen molar-refractivity contribution in [1.29, 1.82) is 0 Å². The maximum atomic E-state index is 5.80. The van der Waals surface area contributed by atoms with Crippen LogP contribution in [0.2, 0.25) is 0 Å². The Morgan fingerprint density at radius 3 is 2.81 bits per heavy atom. The van der Waals surface area contributed by atoms with E-state index in [4.69, 9.17) is 9.47 Å². The van der Waals surface area contributed by atoms with Gasteiger partial charge in [0.05, 0.1) is 6.61 Å². The second-order valence-electron chi connectivity index (χ2n) is 6.18. The molecule has 1 aliphatic heterocycles.